The zero-order valence-corrected chi connectivity index (χ0v) is 26.3. The van der Waals surface area contributed by atoms with E-state index in [9.17, 15) is 39.3 Å². The topological polar surface area (TPSA) is 175 Å². The Balaban J connectivity index is 0.000000259. The number of β-amino-alcohol motifs (C(OH)–C–C–N with tert-alkyl or cyclic N) is 1. The van der Waals surface area contributed by atoms with E-state index in [0.29, 0.717) is 44.8 Å². The van der Waals surface area contributed by atoms with Gasteiger partial charge in [0.1, 0.15) is 28.9 Å². The van der Waals surface area contributed by atoms with Crippen LogP contribution < -0.4 is 4.74 Å². The molecule has 0 saturated carbocycles. The molecule has 2 heterocycles. The molecule has 2 aromatic rings. The van der Waals surface area contributed by atoms with Gasteiger partial charge in [0.25, 0.3) is 11.4 Å². The lowest BCUT2D eigenvalue weighted by molar-refractivity contribution is -0.385. The molecule has 2 atom stereocenters. The average molecular weight is 637 g/mol. The highest BCUT2D eigenvalue weighted by atomic mass is 19.1. The third-order valence-electron chi connectivity index (χ3n) is 6.00. The largest absolute Gasteiger partial charge is 0.489 e. The van der Waals surface area contributed by atoms with Crippen LogP contribution in [0.4, 0.5) is 25.4 Å². The van der Waals surface area contributed by atoms with E-state index >= 15 is 0 Å². The Morgan fingerprint density at radius 3 is 1.60 bits per heavy atom. The number of amides is 2. The van der Waals surface area contributed by atoms with Gasteiger partial charge in [-0.1, -0.05) is 0 Å². The summed E-state index contributed by atoms with van der Waals surface area (Å²) in [4.78, 5) is 46.1. The fraction of sp³-hybridized carbons (Fsp3) is 0.533. The summed E-state index contributed by atoms with van der Waals surface area (Å²) >= 11 is 0. The molecule has 4 rings (SSSR count). The van der Waals surface area contributed by atoms with Gasteiger partial charge in [0, 0.05) is 50.3 Å². The molecule has 0 spiro atoms. The summed E-state index contributed by atoms with van der Waals surface area (Å²) in [5.41, 5.74) is -1.05. The Morgan fingerprint density at radius 2 is 1.20 bits per heavy atom. The van der Waals surface area contributed by atoms with Crippen LogP contribution in [0.2, 0.25) is 0 Å². The molecule has 0 aromatic heterocycles. The van der Waals surface area contributed by atoms with E-state index in [1.165, 1.54) is 17.0 Å². The second kappa shape index (κ2) is 16.0. The number of nitro groups is 2. The van der Waals surface area contributed by atoms with Crippen LogP contribution in [-0.2, 0) is 9.47 Å². The predicted molar refractivity (Wildman–Crippen MR) is 161 cm³/mol. The smallest absolute Gasteiger partial charge is 0.410 e. The summed E-state index contributed by atoms with van der Waals surface area (Å²) in [6.07, 6.45) is 0.169. The Labute approximate surface area is 261 Å². The minimum atomic E-state index is -0.570. The van der Waals surface area contributed by atoms with E-state index in [1.807, 2.05) is 41.5 Å². The van der Waals surface area contributed by atoms with Crippen molar-refractivity contribution in [3.8, 4) is 5.75 Å². The van der Waals surface area contributed by atoms with Gasteiger partial charge >= 0.3 is 12.2 Å². The van der Waals surface area contributed by atoms with Crippen molar-refractivity contribution in [2.45, 2.75) is 77.8 Å². The number of likely N-dealkylation sites (tertiary alicyclic amines) is 2. The van der Waals surface area contributed by atoms with E-state index in [1.54, 1.807) is 17.0 Å². The maximum absolute atomic E-state index is 12.1. The SMILES string of the molecule is CC(C)(C)OC(=O)N1CC[C@H](O)C1.CC(C)(C)OC(=O)N1CC[C@H](Oc2ccc([N+](=O)[O-])cc2)C1.O=[N+]([O-])c1ccc(F)cc1. The highest BCUT2D eigenvalue weighted by Crippen LogP contribution is 2.23. The zero-order chi connectivity index (χ0) is 33.9. The number of hydrogen-bond donors (Lipinski definition) is 1. The van der Waals surface area contributed by atoms with E-state index in [0.717, 1.165) is 24.3 Å². The minimum absolute atomic E-state index is 0.0224. The van der Waals surface area contributed by atoms with Gasteiger partial charge in [-0.05, 0) is 72.2 Å². The van der Waals surface area contributed by atoms with Gasteiger partial charge in [0.15, 0.2) is 0 Å². The van der Waals surface area contributed by atoms with Crippen molar-refractivity contribution < 1.29 is 43.1 Å². The Morgan fingerprint density at radius 1 is 0.778 bits per heavy atom. The molecule has 1 N–H and O–H groups in total. The summed E-state index contributed by atoms with van der Waals surface area (Å²) < 4.78 is 28.3. The molecule has 14 nitrogen and oxygen atoms in total. The number of ether oxygens (including phenoxy) is 3. The fourth-order valence-corrected chi connectivity index (χ4v) is 3.95. The van der Waals surface area contributed by atoms with E-state index in [2.05, 4.69) is 0 Å². The lowest BCUT2D eigenvalue weighted by Crippen LogP contribution is -2.36. The summed E-state index contributed by atoms with van der Waals surface area (Å²) in [5.74, 6) is 0.0900. The normalized spacial score (nSPS) is 17.7. The van der Waals surface area contributed by atoms with Crippen LogP contribution in [0.25, 0.3) is 0 Å². The van der Waals surface area contributed by atoms with Gasteiger partial charge < -0.3 is 29.1 Å². The zero-order valence-electron chi connectivity index (χ0n) is 26.3. The second-order valence-corrected chi connectivity index (χ2v) is 12.3. The number of aliphatic hydroxyl groups excluding tert-OH is 1. The number of carbonyl (C=O) groups excluding carboxylic acids is 2. The van der Waals surface area contributed by atoms with Crippen molar-refractivity contribution in [1.29, 1.82) is 0 Å². The third-order valence-corrected chi connectivity index (χ3v) is 6.00. The number of rotatable bonds is 4. The van der Waals surface area contributed by atoms with Crippen LogP contribution in [0.15, 0.2) is 48.5 Å². The van der Waals surface area contributed by atoms with Crippen molar-refractivity contribution >= 4 is 23.6 Å². The molecule has 2 aliphatic rings. The number of hydrogen-bond acceptors (Lipinski definition) is 10. The van der Waals surface area contributed by atoms with Crippen molar-refractivity contribution in [1.82, 2.24) is 9.80 Å². The van der Waals surface area contributed by atoms with E-state index in [-0.39, 0.29) is 35.8 Å². The first-order valence-corrected chi connectivity index (χ1v) is 14.3. The maximum Gasteiger partial charge on any atom is 0.410 e. The molecule has 0 aliphatic carbocycles. The fourth-order valence-electron chi connectivity index (χ4n) is 3.95. The van der Waals surface area contributed by atoms with Gasteiger partial charge in [-0.25, -0.2) is 14.0 Å². The first kappa shape index (κ1) is 36.7. The molecule has 15 heteroatoms. The number of non-ortho nitro benzene ring substituents is 2. The Kier molecular flexibility index (Phi) is 13.0. The average Bonchev–Trinajstić information content (AvgIpc) is 3.57. The van der Waals surface area contributed by atoms with Crippen molar-refractivity contribution in [2.24, 2.45) is 0 Å². The second-order valence-electron chi connectivity index (χ2n) is 12.3. The first-order chi connectivity index (χ1) is 20.8. The molecule has 2 aromatic carbocycles. The summed E-state index contributed by atoms with van der Waals surface area (Å²) in [5, 5.41) is 29.8. The van der Waals surface area contributed by atoms with Crippen LogP contribution in [0.1, 0.15) is 54.4 Å². The van der Waals surface area contributed by atoms with Crippen LogP contribution in [0.5, 0.6) is 5.75 Å². The van der Waals surface area contributed by atoms with Crippen molar-refractivity contribution in [3.05, 3.63) is 74.6 Å². The Hall–Kier alpha value is -4.53. The molecule has 0 radical (unpaired) electrons. The summed E-state index contributed by atoms with van der Waals surface area (Å²) in [6, 6.07) is 10.3. The molecular weight excluding hydrogens is 595 g/mol. The third kappa shape index (κ3) is 13.8. The number of benzene rings is 2. The van der Waals surface area contributed by atoms with Crippen LogP contribution in [0, 0.1) is 26.0 Å². The van der Waals surface area contributed by atoms with Crippen molar-refractivity contribution in [2.75, 3.05) is 26.2 Å². The van der Waals surface area contributed by atoms with Crippen LogP contribution >= 0.6 is 0 Å². The number of nitrogens with zero attached hydrogens (tertiary/aromatic N) is 4. The summed E-state index contributed by atoms with van der Waals surface area (Å²) in [7, 11) is 0. The molecule has 2 saturated heterocycles. The quantitative estimate of drug-likeness (QED) is 0.323. The number of halogens is 1. The molecule has 2 fully saturated rings. The number of aliphatic hydroxyl groups is 1. The number of carbonyl (C=O) groups is 2. The van der Waals surface area contributed by atoms with Gasteiger partial charge in [-0.3, -0.25) is 20.2 Å². The lowest BCUT2D eigenvalue weighted by Gasteiger charge is -2.24. The molecule has 2 amide bonds. The molecular formula is C30H41FN4O10. The molecule has 2 aliphatic heterocycles. The van der Waals surface area contributed by atoms with Crippen LogP contribution in [0.3, 0.4) is 0 Å². The number of nitro benzene ring substituents is 2. The highest BCUT2D eigenvalue weighted by molar-refractivity contribution is 5.69. The maximum atomic E-state index is 12.1. The molecule has 45 heavy (non-hydrogen) atoms. The monoisotopic (exact) mass is 636 g/mol. The lowest BCUT2D eigenvalue weighted by atomic mass is 10.2. The molecule has 248 valence electrons. The molecule has 0 unspecified atom stereocenters. The Bertz CT molecular complexity index is 1290. The van der Waals surface area contributed by atoms with Crippen LogP contribution in [-0.4, -0.2) is 86.5 Å². The standard InChI is InChI=1S/C15H20N2O5.C9H17NO3.C6H4FNO2/c1-15(2,3)22-14(18)16-9-8-13(10-16)21-12-6-4-11(5-7-12)17(19)20;1-9(2,3)13-8(12)10-5-4-7(11)6-10;7-5-1-3-6(4-2-5)8(9)10/h4-7,13H,8-10H2,1-3H3;7,11H,4-6H2,1-3H3;1-4H/t13-;7-;/m00./s1. The van der Waals surface area contributed by atoms with Gasteiger partial charge in [0.2, 0.25) is 0 Å². The first-order valence-electron chi connectivity index (χ1n) is 14.3. The van der Waals surface area contributed by atoms with E-state index in [4.69, 9.17) is 14.2 Å². The van der Waals surface area contributed by atoms with Gasteiger partial charge in [0.05, 0.1) is 22.5 Å². The van der Waals surface area contributed by atoms with Crippen molar-refractivity contribution in [3.63, 3.8) is 0 Å². The highest BCUT2D eigenvalue weighted by Gasteiger charge is 2.31. The minimum Gasteiger partial charge on any atom is -0.489 e. The van der Waals surface area contributed by atoms with Gasteiger partial charge in [-0.15, -0.1) is 0 Å². The predicted octanol–water partition coefficient (Wildman–Crippen LogP) is 5.71. The summed E-state index contributed by atoms with van der Waals surface area (Å²) in [6.45, 7) is 13.0. The van der Waals surface area contributed by atoms with Gasteiger partial charge in [-0.2, -0.15) is 0 Å². The molecule has 0 bridgehead atoms. The van der Waals surface area contributed by atoms with E-state index < -0.39 is 26.9 Å².